The van der Waals surface area contributed by atoms with Crippen molar-refractivity contribution in [2.75, 3.05) is 7.11 Å². The van der Waals surface area contributed by atoms with Crippen LogP contribution in [0.5, 0.6) is 11.5 Å². The fourth-order valence-electron chi connectivity index (χ4n) is 4.72. The Morgan fingerprint density at radius 1 is 0.971 bits per heavy atom. The number of esters is 1. The number of ether oxygens (including phenoxy) is 2. The van der Waals surface area contributed by atoms with E-state index in [1.807, 2.05) is 36.4 Å². The van der Waals surface area contributed by atoms with Crippen molar-refractivity contribution in [3.63, 3.8) is 0 Å². The van der Waals surface area contributed by atoms with Crippen LogP contribution in [0.15, 0.2) is 87.0 Å². The number of rotatable bonds is 3. The molecule has 7 heteroatoms. The Bertz CT molecular complexity index is 1750. The van der Waals surface area contributed by atoms with E-state index >= 15 is 0 Å². The molecule has 0 bridgehead atoms. The Morgan fingerprint density at radius 2 is 1.80 bits per heavy atom. The van der Waals surface area contributed by atoms with Gasteiger partial charge in [-0.15, -0.1) is 0 Å². The number of aromatic amines is 1. The van der Waals surface area contributed by atoms with Crippen molar-refractivity contribution in [1.82, 2.24) is 4.98 Å². The van der Waals surface area contributed by atoms with Crippen LogP contribution in [-0.2, 0) is 4.79 Å². The number of pyridine rings is 1. The van der Waals surface area contributed by atoms with Gasteiger partial charge >= 0.3 is 5.97 Å². The summed E-state index contributed by atoms with van der Waals surface area (Å²) < 4.78 is 16.7. The van der Waals surface area contributed by atoms with Crippen molar-refractivity contribution in [1.29, 1.82) is 0 Å². The molecule has 7 nitrogen and oxygen atoms in total. The summed E-state index contributed by atoms with van der Waals surface area (Å²) in [6.07, 6.45) is 1.37. The zero-order valence-electron chi connectivity index (χ0n) is 18.7. The number of fused-ring (bicyclic) bond motifs is 4. The molecule has 6 rings (SSSR count). The molecule has 2 aromatic heterocycles. The minimum atomic E-state index is -0.643. The molecule has 1 unspecified atom stereocenters. The number of carbonyl (C=O) groups excluding carboxylic acids is 1. The maximum atomic E-state index is 13.4. The van der Waals surface area contributed by atoms with Crippen LogP contribution in [0, 0.1) is 0 Å². The summed E-state index contributed by atoms with van der Waals surface area (Å²) in [4.78, 5) is 41.9. The van der Waals surface area contributed by atoms with Gasteiger partial charge in [0.15, 0.2) is 0 Å². The second-order valence-electron chi connectivity index (χ2n) is 8.44. The molecule has 0 spiro atoms. The van der Waals surface area contributed by atoms with Gasteiger partial charge in [-0.1, -0.05) is 30.3 Å². The fourth-order valence-corrected chi connectivity index (χ4v) is 4.72. The number of hydrogen-bond donors (Lipinski definition) is 1. The van der Waals surface area contributed by atoms with Gasteiger partial charge in [-0.05, 0) is 41.3 Å². The smallest absolute Gasteiger partial charge is 0.312 e. The molecule has 0 fully saturated rings. The van der Waals surface area contributed by atoms with E-state index in [0.717, 1.165) is 10.9 Å². The molecule has 1 N–H and O–H groups in total. The van der Waals surface area contributed by atoms with Crippen LogP contribution in [0.25, 0.3) is 33.0 Å². The van der Waals surface area contributed by atoms with Gasteiger partial charge in [0, 0.05) is 23.1 Å². The Hall–Kier alpha value is -4.65. The van der Waals surface area contributed by atoms with Crippen molar-refractivity contribution < 1.29 is 18.7 Å². The topological polar surface area (TPSA) is 98.6 Å². The molecule has 5 aromatic rings. The Balaban J connectivity index is 1.58. The minimum absolute atomic E-state index is 0.0546. The molecule has 0 aliphatic carbocycles. The third-order valence-corrected chi connectivity index (χ3v) is 6.43. The summed E-state index contributed by atoms with van der Waals surface area (Å²) in [5.41, 5.74) is 2.46. The Kier molecular flexibility index (Phi) is 4.77. The molecule has 3 heterocycles. The molecule has 1 aliphatic rings. The Labute approximate surface area is 198 Å². The van der Waals surface area contributed by atoms with Crippen molar-refractivity contribution >= 4 is 27.8 Å². The maximum absolute atomic E-state index is 13.4. The van der Waals surface area contributed by atoms with Gasteiger partial charge in [-0.2, -0.15) is 0 Å². The predicted molar refractivity (Wildman–Crippen MR) is 131 cm³/mol. The van der Waals surface area contributed by atoms with E-state index in [0.29, 0.717) is 38.9 Å². The van der Waals surface area contributed by atoms with E-state index in [-0.39, 0.29) is 23.2 Å². The lowest BCUT2D eigenvalue weighted by Gasteiger charge is -2.25. The first-order valence-electron chi connectivity index (χ1n) is 11.1. The van der Waals surface area contributed by atoms with Crippen molar-refractivity contribution in [3.8, 4) is 22.6 Å². The van der Waals surface area contributed by atoms with E-state index in [1.165, 1.54) is 6.26 Å². The summed E-state index contributed by atoms with van der Waals surface area (Å²) in [6, 6.07) is 19.6. The standard InChI is InChI=1S/C28H19NO6/c1-33-17-8-7-16-11-20(28(32)29-22(16)12-17)19-13-24(30)35-23-10-9-18-26(31)21(14-34-27(18)25(19)23)15-5-3-2-4-6-15/h2-12,14,19H,13H2,1H3,(H,29,32). The Morgan fingerprint density at radius 3 is 2.60 bits per heavy atom. The number of H-pyrrole nitrogens is 1. The quantitative estimate of drug-likeness (QED) is 0.305. The van der Waals surface area contributed by atoms with Gasteiger partial charge in [0.1, 0.15) is 23.3 Å². The molecule has 3 aromatic carbocycles. The normalized spacial score (nSPS) is 15.1. The monoisotopic (exact) mass is 465 g/mol. The number of nitrogens with one attached hydrogen (secondary N) is 1. The largest absolute Gasteiger partial charge is 0.497 e. The zero-order chi connectivity index (χ0) is 24.1. The van der Waals surface area contributed by atoms with E-state index in [1.54, 1.807) is 37.4 Å². The molecule has 0 saturated carbocycles. The molecular weight excluding hydrogens is 446 g/mol. The maximum Gasteiger partial charge on any atom is 0.312 e. The van der Waals surface area contributed by atoms with Crippen LogP contribution in [0.1, 0.15) is 23.5 Å². The number of aromatic nitrogens is 1. The zero-order valence-corrected chi connectivity index (χ0v) is 18.7. The molecule has 1 aliphatic heterocycles. The van der Waals surface area contributed by atoms with Crippen LogP contribution in [0.3, 0.4) is 0 Å². The first-order valence-corrected chi connectivity index (χ1v) is 11.1. The minimum Gasteiger partial charge on any atom is -0.497 e. The van der Waals surface area contributed by atoms with Crippen LogP contribution in [0.2, 0.25) is 0 Å². The van der Waals surface area contributed by atoms with Crippen LogP contribution >= 0.6 is 0 Å². The average molecular weight is 465 g/mol. The molecule has 0 saturated heterocycles. The molecule has 0 radical (unpaired) electrons. The summed E-state index contributed by atoms with van der Waals surface area (Å²) in [5, 5.41) is 1.14. The van der Waals surface area contributed by atoms with E-state index in [9.17, 15) is 14.4 Å². The SMILES string of the molecule is COc1ccc2cc(C3CC(=O)Oc4ccc5c(=O)c(-c6ccccc6)coc5c43)c(=O)[nH]c2c1. The second kappa shape index (κ2) is 7.99. The highest BCUT2D eigenvalue weighted by Crippen LogP contribution is 2.42. The lowest BCUT2D eigenvalue weighted by molar-refractivity contribution is -0.135. The fraction of sp³-hybridized carbons (Fsp3) is 0.107. The van der Waals surface area contributed by atoms with Gasteiger partial charge < -0.3 is 18.9 Å². The summed E-state index contributed by atoms with van der Waals surface area (Å²) in [7, 11) is 1.56. The number of benzene rings is 3. The average Bonchev–Trinajstić information content (AvgIpc) is 2.88. The van der Waals surface area contributed by atoms with Crippen molar-refractivity contribution in [2.45, 2.75) is 12.3 Å². The van der Waals surface area contributed by atoms with E-state index < -0.39 is 11.9 Å². The molecule has 172 valence electrons. The highest BCUT2D eigenvalue weighted by atomic mass is 16.5. The highest BCUT2D eigenvalue weighted by molar-refractivity contribution is 5.90. The third-order valence-electron chi connectivity index (χ3n) is 6.43. The first-order chi connectivity index (χ1) is 17.0. The number of hydrogen-bond acceptors (Lipinski definition) is 6. The van der Waals surface area contributed by atoms with Gasteiger partial charge in [0.2, 0.25) is 5.43 Å². The molecular formula is C28H19NO6. The van der Waals surface area contributed by atoms with Crippen LogP contribution in [-0.4, -0.2) is 18.1 Å². The number of methoxy groups -OCH3 is 1. The highest BCUT2D eigenvalue weighted by Gasteiger charge is 2.33. The third kappa shape index (κ3) is 3.40. The van der Waals surface area contributed by atoms with Gasteiger partial charge in [0.05, 0.1) is 30.0 Å². The summed E-state index contributed by atoms with van der Waals surface area (Å²) >= 11 is 0. The van der Waals surface area contributed by atoms with E-state index in [2.05, 4.69) is 4.98 Å². The lowest BCUT2D eigenvalue weighted by Crippen LogP contribution is -2.26. The summed E-state index contributed by atoms with van der Waals surface area (Å²) in [5.74, 6) is -0.201. The molecule has 35 heavy (non-hydrogen) atoms. The first kappa shape index (κ1) is 20.9. The lowest BCUT2D eigenvalue weighted by atomic mass is 9.85. The predicted octanol–water partition coefficient (Wildman–Crippen LogP) is 4.75. The van der Waals surface area contributed by atoms with Gasteiger partial charge in [-0.25, -0.2) is 0 Å². The number of carbonyl (C=O) groups is 1. The van der Waals surface area contributed by atoms with E-state index in [4.69, 9.17) is 13.9 Å². The second-order valence-corrected chi connectivity index (χ2v) is 8.44. The van der Waals surface area contributed by atoms with Crippen molar-refractivity contribution in [2.24, 2.45) is 0 Å². The molecule has 0 amide bonds. The van der Waals surface area contributed by atoms with Crippen LogP contribution in [0.4, 0.5) is 0 Å². The van der Waals surface area contributed by atoms with Gasteiger partial charge in [-0.3, -0.25) is 14.4 Å². The summed E-state index contributed by atoms with van der Waals surface area (Å²) in [6.45, 7) is 0. The molecule has 1 atom stereocenters. The van der Waals surface area contributed by atoms with Gasteiger partial charge in [0.25, 0.3) is 5.56 Å². The van der Waals surface area contributed by atoms with Crippen LogP contribution < -0.4 is 20.5 Å². The van der Waals surface area contributed by atoms with Crippen molar-refractivity contribution in [3.05, 3.63) is 105 Å².